The lowest BCUT2D eigenvalue weighted by atomic mass is 9.98. The quantitative estimate of drug-likeness (QED) is 0.424. The van der Waals surface area contributed by atoms with Gasteiger partial charge in [0.2, 0.25) is 5.91 Å². The summed E-state index contributed by atoms with van der Waals surface area (Å²) in [7, 11) is 3.27. The summed E-state index contributed by atoms with van der Waals surface area (Å²) in [4.78, 5) is 30.1. The zero-order chi connectivity index (χ0) is 27.5. The first kappa shape index (κ1) is 26.5. The molecule has 0 spiro atoms. The standard InChI is InChI=1S/C30H30N4O4S/c1-18-5-14-24(19(2)15-18)31-28(35)17-27-29(36)32-30(39-27)34-26(21-8-12-23(38-4)13-9-21)16-25(33-34)20-6-10-22(37-3)11-7-20/h5-15,26-27H,16-17H2,1-4H3,(H,31,35). The molecule has 5 rings (SSSR count). The Balaban J connectivity index is 1.35. The van der Waals surface area contributed by atoms with Crippen LogP contribution >= 0.6 is 11.8 Å². The Morgan fingerprint density at radius 2 is 1.67 bits per heavy atom. The molecule has 8 nitrogen and oxygen atoms in total. The molecule has 2 unspecified atom stereocenters. The molecule has 0 bridgehead atoms. The summed E-state index contributed by atoms with van der Waals surface area (Å²) in [6, 6.07) is 21.3. The van der Waals surface area contributed by atoms with Gasteiger partial charge in [0, 0.05) is 18.5 Å². The van der Waals surface area contributed by atoms with Crippen molar-refractivity contribution in [2.75, 3.05) is 19.5 Å². The molecular formula is C30H30N4O4S. The first-order chi connectivity index (χ1) is 18.8. The second-order valence-corrected chi connectivity index (χ2v) is 10.7. The molecule has 2 aliphatic rings. The van der Waals surface area contributed by atoms with Gasteiger partial charge in [0.15, 0.2) is 5.17 Å². The van der Waals surface area contributed by atoms with Gasteiger partial charge in [0.05, 0.1) is 26.0 Å². The topological polar surface area (TPSA) is 92.6 Å². The first-order valence-electron chi connectivity index (χ1n) is 12.7. The van der Waals surface area contributed by atoms with Gasteiger partial charge in [-0.2, -0.15) is 10.1 Å². The molecule has 2 aliphatic heterocycles. The van der Waals surface area contributed by atoms with Crippen molar-refractivity contribution in [2.45, 2.75) is 38.0 Å². The molecular weight excluding hydrogens is 512 g/mol. The number of amides is 2. The number of nitrogens with one attached hydrogen (secondary N) is 1. The van der Waals surface area contributed by atoms with Gasteiger partial charge >= 0.3 is 0 Å². The number of carbonyl (C=O) groups excluding carboxylic acids is 2. The van der Waals surface area contributed by atoms with Crippen molar-refractivity contribution in [1.82, 2.24) is 5.01 Å². The number of thioether (sulfide) groups is 1. The van der Waals surface area contributed by atoms with E-state index in [0.29, 0.717) is 11.6 Å². The summed E-state index contributed by atoms with van der Waals surface area (Å²) in [5.41, 5.74) is 5.72. The Morgan fingerprint density at radius 3 is 2.31 bits per heavy atom. The molecule has 0 saturated heterocycles. The molecule has 0 aromatic heterocycles. The van der Waals surface area contributed by atoms with Crippen molar-refractivity contribution in [3.05, 3.63) is 89.0 Å². The fourth-order valence-corrected chi connectivity index (χ4v) is 5.72. The number of benzene rings is 3. The van der Waals surface area contributed by atoms with E-state index < -0.39 is 5.25 Å². The smallest absolute Gasteiger partial charge is 0.262 e. The Bertz CT molecular complexity index is 1450. The van der Waals surface area contributed by atoms with Crippen LogP contribution in [0.3, 0.4) is 0 Å². The van der Waals surface area contributed by atoms with Crippen molar-refractivity contribution in [2.24, 2.45) is 10.1 Å². The van der Waals surface area contributed by atoms with Crippen LogP contribution in [-0.4, -0.2) is 47.2 Å². The number of rotatable bonds is 7. The molecule has 2 amide bonds. The number of anilines is 1. The van der Waals surface area contributed by atoms with Crippen LogP contribution in [0.4, 0.5) is 5.69 Å². The molecule has 1 N–H and O–H groups in total. The van der Waals surface area contributed by atoms with Gasteiger partial charge in [-0.15, -0.1) is 0 Å². The highest BCUT2D eigenvalue weighted by Crippen LogP contribution is 2.39. The average molecular weight is 543 g/mol. The van der Waals surface area contributed by atoms with Crippen LogP contribution in [0.2, 0.25) is 0 Å². The average Bonchev–Trinajstić information content (AvgIpc) is 3.54. The van der Waals surface area contributed by atoms with E-state index in [1.165, 1.54) is 11.8 Å². The van der Waals surface area contributed by atoms with E-state index in [9.17, 15) is 9.59 Å². The van der Waals surface area contributed by atoms with E-state index in [0.717, 1.165) is 45.2 Å². The number of nitrogens with zero attached hydrogens (tertiary/aromatic N) is 3. The summed E-state index contributed by atoms with van der Waals surface area (Å²) in [5.74, 6) is 0.980. The van der Waals surface area contributed by atoms with E-state index >= 15 is 0 Å². The summed E-state index contributed by atoms with van der Waals surface area (Å²) >= 11 is 1.28. The SMILES string of the molecule is COc1ccc(C2=NN(C3=NC(=O)C(CC(=O)Nc4ccc(C)cc4C)S3)C(c3ccc(OC)cc3)C2)cc1. The Morgan fingerprint density at radius 1 is 1.00 bits per heavy atom. The fourth-order valence-electron chi connectivity index (χ4n) is 4.66. The Hall–Kier alpha value is -4.11. The van der Waals surface area contributed by atoms with Gasteiger partial charge in [-0.1, -0.05) is 41.6 Å². The van der Waals surface area contributed by atoms with Gasteiger partial charge in [-0.05, 0) is 73.0 Å². The number of ether oxygens (including phenoxy) is 2. The second kappa shape index (κ2) is 11.3. The van der Waals surface area contributed by atoms with Crippen LogP contribution in [0.15, 0.2) is 76.8 Å². The van der Waals surface area contributed by atoms with Crippen LogP contribution in [0.5, 0.6) is 11.5 Å². The van der Waals surface area contributed by atoms with Crippen LogP contribution in [0, 0.1) is 13.8 Å². The van der Waals surface area contributed by atoms with Gasteiger partial charge < -0.3 is 14.8 Å². The largest absolute Gasteiger partial charge is 0.497 e. The molecule has 2 heterocycles. The van der Waals surface area contributed by atoms with Crippen LogP contribution < -0.4 is 14.8 Å². The normalized spacial score (nSPS) is 18.6. The minimum Gasteiger partial charge on any atom is -0.497 e. The summed E-state index contributed by atoms with van der Waals surface area (Å²) in [5, 5.41) is 9.54. The van der Waals surface area contributed by atoms with Crippen molar-refractivity contribution in [3.8, 4) is 11.5 Å². The lowest BCUT2D eigenvalue weighted by molar-refractivity contribution is -0.121. The van der Waals surface area contributed by atoms with Crippen molar-refractivity contribution < 1.29 is 19.1 Å². The molecule has 0 aliphatic carbocycles. The van der Waals surface area contributed by atoms with E-state index in [4.69, 9.17) is 14.6 Å². The molecule has 3 aromatic carbocycles. The van der Waals surface area contributed by atoms with Crippen LogP contribution in [0.25, 0.3) is 0 Å². The molecule has 39 heavy (non-hydrogen) atoms. The van der Waals surface area contributed by atoms with Crippen LogP contribution in [-0.2, 0) is 9.59 Å². The van der Waals surface area contributed by atoms with Gasteiger partial charge in [-0.3, -0.25) is 9.59 Å². The number of amidine groups is 1. The van der Waals surface area contributed by atoms with Crippen molar-refractivity contribution in [3.63, 3.8) is 0 Å². The Labute approximate surface area is 232 Å². The van der Waals surface area contributed by atoms with Gasteiger partial charge in [-0.25, -0.2) is 5.01 Å². The van der Waals surface area contributed by atoms with Crippen LogP contribution in [0.1, 0.15) is 41.1 Å². The molecule has 200 valence electrons. The zero-order valence-electron chi connectivity index (χ0n) is 22.3. The highest BCUT2D eigenvalue weighted by molar-refractivity contribution is 8.15. The van der Waals surface area contributed by atoms with Crippen molar-refractivity contribution >= 4 is 40.1 Å². The number of aliphatic imine (C=N–C) groups is 1. The third-order valence-corrected chi connectivity index (χ3v) is 7.93. The summed E-state index contributed by atoms with van der Waals surface area (Å²) in [6.07, 6.45) is 0.657. The molecule has 9 heteroatoms. The monoisotopic (exact) mass is 542 g/mol. The van der Waals surface area contributed by atoms with Gasteiger partial charge in [0.1, 0.15) is 16.7 Å². The molecule has 0 saturated carbocycles. The minimum absolute atomic E-state index is 0.0277. The lowest BCUT2D eigenvalue weighted by Gasteiger charge is -2.23. The van der Waals surface area contributed by atoms with E-state index in [1.807, 2.05) is 85.6 Å². The second-order valence-electron chi connectivity index (χ2n) is 9.52. The molecule has 3 aromatic rings. The number of hydrogen-bond donors (Lipinski definition) is 1. The maximum absolute atomic E-state index is 12.9. The lowest BCUT2D eigenvalue weighted by Crippen LogP contribution is -2.25. The van der Waals surface area contributed by atoms with E-state index in [2.05, 4.69) is 10.3 Å². The minimum atomic E-state index is -0.609. The number of hydrazone groups is 1. The van der Waals surface area contributed by atoms with E-state index in [-0.39, 0.29) is 24.3 Å². The summed E-state index contributed by atoms with van der Waals surface area (Å²) < 4.78 is 10.6. The highest BCUT2D eigenvalue weighted by Gasteiger charge is 2.39. The first-order valence-corrected chi connectivity index (χ1v) is 13.5. The molecule has 0 radical (unpaired) electrons. The molecule has 2 atom stereocenters. The predicted octanol–water partition coefficient (Wildman–Crippen LogP) is 5.50. The number of hydrogen-bond acceptors (Lipinski definition) is 7. The third kappa shape index (κ3) is 5.83. The fraction of sp³-hybridized carbons (Fsp3) is 0.267. The highest BCUT2D eigenvalue weighted by atomic mass is 32.2. The molecule has 0 fully saturated rings. The summed E-state index contributed by atoms with van der Waals surface area (Å²) in [6.45, 7) is 3.95. The number of aryl methyl sites for hydroxylation is 2. The van der Waals surface area contributed by atoms with Crippen molar-refractivity contribution in [1.29, 1.82) is 0 Å². The number of methoxy groups -OCH3 is 2. The maximum Gasteiger partial charge on any atom is 0.262 e. The van der Waals surface area contributed by atoms with E-state index in [1.54, 1.807) is 14.2 Å². The predicted molar refractivity (Wildman–Crippen MR) is 155 cm³/mol. The zero-order valence-corrected chi connectivity index (χ0v) is 23.1. The Kier molecular flexibility index (Phi) is 7.70. The third-order valence-electron chi connectivity index (χ3n) is 6.79. The van der Waals surface area contributed by atoms with Gasteiger partial charge in [0.25, 0.3) is 5.91 Å². The number of carbonyl (C=O) groups is 2. The maximum atomic E-state index is 12.9.